The molecule has 0 amide bonds. The van der Waals surface area contributed by atoms with Gasteiger partial charge >= 0.3 is 0 Å². The Morgan fingerprint density at radius 2 is 1.69 bits per heavy atom. The number of anilines is 1. The SMILES string of the molecule is COc1ccc(S(=O)(=O)NC2CCN(S(C)(=O)=O)c3ccccc32)cc1. The number of hydrogen-bond donors (Lipinski definition) is 1. The van der Waals surface area contributed by atoms with Gasteiger partial charge in [0.2, 0.25) is 20.0 Å². The van der Waals surface area contributed by atoms with Crippen LogP contribution in [0.2, 0.25) is 0 Å². The number of nitrogens with one attached hydrogen (secondary N) is 1. The van der Waals surface area contributed by atoms with Gasteiger partial charge in [-0.25, -0.2) is 21.6 Å². The van der Waals surface area contributed by atoms with Crippen LogP contribution in [0.3, 0.4) is 0 Å². The van der Waals surface area contributed by atoms with E-state index in [4.69, 9.17) is 4.74 Å². The smallest absolute Gasteiger partial charge is 0.241 e. The lowest BCUT2D eigenvalue weighted by molar-refractivity contribution is 0.414. The number of methoxy groups -OCH3 is 1. The number of fused-ring (bicyclic) bond motifs is 1. The van der Waals surface area contributed by atoms with Gasteiger partial charge in [0.05, 0.1) is 30.0 Å². The van der Waals surface area contributed by atoms with Crippen LogP contribution in [-0.2, 0) is 20.0 Å². The number of para-hydroxylation sites is 1. The van der Waals surface area contributed by atoms with Crippen LogP contribution in [-0.4, -0.2) is 36.7 Å². The molecule has 1 unspecified atom stereocenters. The van der Waals surface area contributed by atoms with Crippen LogP contribution in [0.5, 0.6) is 5.75 Å². The first-order valence-electron chi connectivity index (χ1n) is 7.95. The second-order valence-electron chi connectivity index (χ2n) is 6.03. The molecule has 140 valence electrons. The van der Waals surface area contributed by atoms with Crippen molar-refractivity contribution in [2.24, 2.45) is 0 Å². The fraction of sp³-hybridized carbons (Fsp3) is 0.294. The Labute approximate surface area is 153 Å². The van der Waals surface area contributed by atoms with Crippen molar-refractivity contribution in [2.75, 3.05) is 24.2 Å². The summed E-state index contributed by atoms with van der Waals surface area (Å²) in [6, 6.07) is 12.5. The molecule has 1 atom stereocenters. The number of benzene rings is 2. The summed E-state index contributed by atoms with van der Waals surface area (Å²) in [5, 5.41) is 0. The lowest BCUT2D eigenvalue weighted by Gasteiger charge is -2.34. The van der Waals surface area contributed by atoms with Gasteiger partial charge in [0.25, 0.3) is 0 Å². The molecule has 1 N–H and O–H groups in total. The van der Waals surface area contributed by atoms with Crippen molar-refractivity contribution in [3.05, 3.63) is 54.1 Å². The normalized spacial score (nSPS) is 17.6. The molecule has 1 aliphatic rings. The third kappa shape index (κ3) is 3.69. The predicted octanol–water partition coefficient (Wildman–Crippen LogP) is 1.88. The molecule has 3 rings (SSSR count). The molecule has 0 saturated heterocycles. The van der Waals surface area contributed by atoms with Crippen molar-refractivity contribution in [3.63, 3.8) is 0 Å². The Morgan fingerprint density at radius 3 is 2.31 bits per heavy atom. The van der Waals surface area contributed by atoms with Gasteiger partial charge in [-0.1, -0.05) is 18.2 Å². The summed E-state index contributed by atoms with van der Waals surface area (Å²) in [4.78, 5) is 0.126. The summed E-state index contributed by atoms with van der Waals surface area (Å²) in [6.07, 6.45) is 1.49. The zero-order valence-corrected chi connectivity index (χ0v) is 16.0. The minimum absolute atomic E-state index is 0.126. The van der Waals surface area contributed by atoms with Gasteiger partial charge in [0, 0.05) is 6.54 Å². The molecular formula is C17H20N2O5S2. The molecule has 0 fully saturated rings. The molecule has 26 heavy (non-hydrogen) atoms. The van der Waals surface area contributed by atoms with E-state index in [1.807, 2.05) is 0 Å². The van der Waals surface area contributed by atoms with E-state index in [1.165, 1.54) is 23.5 Å². The Kier molecular flexibility index (Phi) is 4.96. The molecule has 0 bridgehead atoms. The van der Waals surface area contributed by atoms with Crippen LogP contribution in [0.15, 0.2) is 53.4 Å². The molecule has 1 heterocycles. The maximum absolute atomic E-state index is 12.7. The van der Waals surface area contributed by atoms with E-state index >= 15 is 0 Å². The summed E-state index contributed by atoms with van der Waals surface area (Å²) >= 11 is 0. The summed E-state index contributed by atoms with van der Waals surface area (Å²) in [7, 11) is -5.67. The van der Waals surface area contributed by atoms with E-state index in [0.717, 1.165) is 6.26 Å². The van der Waals surface area contributed by atoms with Crippen LogP contribution in [0, 0.1) is 0 Å². The zero-order chi connectivity index (χ0) is 18.9. The van der Waals surface area contributed by atoms with Crippen LogP contribution in [0.4, 0.5) is 5.69 Å². The van der Waals surface area contributed by atoms with Crippen LogP contribution >= 0.6 is 0 Å². The zero-order valence-electron chi connectivity index (χ0n) is 14.4. The van der Waals surface area contributed by atoms with Crippen molar-refractivity contribution in [2.45, 2.75) is 17.4 Å². The fourth-order valence-corrected chi connectivity index (χ4v) is 5.22. The summed E-state index contributed by atoms with van der Waals surface area (Å²) in [6.45, 7) is 0.214. The summed E-state index contributed by atoms with van der Waals surface area (Å²) in [5.41, 5.74) is 1.14. The average Bonchev–Trinajstić information content (AvgIpc) is 2.61. The monoisotopic (exact) mass is 396 g/mol. The minimum Gasteiger partial charge on any atom is -0.497 e. The number of ether oxygens (including phenoxy) is 1. The van der Waals surface area contributed by atoms with Crippen LogP contribution in [0.1, 0.15) is 18.0 Å². The predicted molar refractivity (Wildman–Crippen MR) is 99.3 cm³/mol. The Balaban J connectivity index is 1.92. The van der Waals surface area contributed by atoms with Crippen molar-refractivity contribution in [3.8, 4) is 5.75 Å². The maximum atomic E-state index is 12.7. The molecule has 0 spiro atoms. The van der Waals surface area contributed by atoms with Gasteiger partial charge in [0.1, 0.15) is 5.75 Å². The first-order valence-corrected chi connectivity index (χ1v) is 11.3. The second-order valence-corrected chi connectivity index (χ2v) is 9.65. The quantitative estimate of drug-likeness (QED) is 0.833. The molecule has 2 aromatic carbocycles. The van der Waals surface area contributed by atoms with Gasteiger partial charge < -0.3 is 4.74 Å². The van der Waals surface area contributed by atoms with Gasteiger partial charge in [-0.3, -0.25) is 4.31 Å². The third-order valence-electron chi connectivity index (χ3n) is 4.27. The highest BCUT2D eigenvalue weighted by Crippen LogP contribution is 2.35. The highest BCUT2D eigenvalue weighted by Gasteiger charge is 2.32. The molecule has 1 aliphatic heterocycles. The van der Waals surface area contributed by atoms with Gasteiger partial charge in [-0.15, -0.1) is 0 Å². The van der Waals surface area contributed by atoms with E-state index in [1.54, 1.807) is 36.4 Å². The highest BCUT2D eigenvalue weighted by atomic mass is 32.2. The van der Waals surface area contributed by atoms with Gasteiger partial charge in [-0.2, -0.15) is 0 Å². The second kappa shape index (κ2) is 6.90. The van der Waals surface area contributed by atoms with Crippen LogP contribution < -0.4 is 13.8 Å². The fourth-order valence-electron chi connectivity index (χ4n) is 3.01. The highest BCUT2D eigenvalue weighted by molar-refractivity contribution is 7.92. The first-order chi connectivity index (χ1) is 12.2. The van der Waals surface area contributed by atoms with E-state index in [-0.39, 0.29) is 11.4 Å². The topological polar surface area (TPSA) is 92.8 Å². The van der Waals surface area contributed by atoms with Crippen molar-refractivity contribution < 1.29 is 21.6 Å². The van der Waals surface area contributed by atoms with E-state index in [9.17, 15) is 16.8 Å². The number of nitrogens with zero attached hydrogens (tertiary/aromatic N) is 1. The maximum Gasteiger partial charge on any atom is 0.241 e. The molecule has 9 heteroatoms. The van der Waals surface area contributed by atoms with E-state index < -0.39 is 26.1 Å². The average molecular weight is 396 g/mol. The van der Waals surface area contributed by atoms with Gasteiger partial charge in [0.15, 0.2) is 0 Å². The lowest BCUT2D eigenvalue weighted by Crippen LogP contribution is -2.40. The molecule has 0 radical (unpaired) electrons. The van der Waals surface area contributed by atoms with Gasteiger partial charge in [-0.05, 0) is 42.3 Å². The number of hydrogen-bond acceptors (Lipinski definition) is 5. The van der Waals surface area contributed by atoms with Crippen molar-refractivity contribution in [1.82, 2.24) is 4.72 Å². The largest absolute Gasteiger partial charge is 0.497 e. The first kappa shape index (κ1) is 18.7. The summed E-state index contributed by atoms with van der Waals surface area (Å²) < 4.78 is 58.4. The van der Waals surface area contributed by atoms with Crippen molar-refractivity contribution in [1.29, 1.82) is 0 Å². The van der Waals surface area contributed by atoms with E-state index in [0.29, 0.717) is 23.4 Å². The Bertz CT molecular complexity index is 1000. The van der Waals surface area contributed by atoms with Crippen molar-refractivity contribution >= 4 is 25.7 Å². The Hall–Kier alpha value is -2.10. The molecule has 2 aromatic rings. The molecule has 0 aromatic heterocycles. The lowest BCUT2D eigenvalue weighted by atomic mass is 9.99. The molecule has 0 aliphatic carbocycles. The standard InChI is InChI=1S/C17H20N2O5S2/c1-24-13-7-9-14(10-8-13)26(22,23)18-16-11-12-19(25(2,20)21)17-6-4-3-5-15(16)17/h3-10,16,18H,11-12H2,1-2H3. The van der Waals surface area contributed by atoms with Crippen LogP contribution in [0.25, 0.3) is 0 Å². The summed E-state index contributed by atoms with van der Waals surface area (Å²) in [5.74, 6) is 0.566. The number of sulfonamides is 2. The Morgan fingerprint density at radius 1 is 1.04 bits per heavy atom. The third-order valence-corrected chi connectivity index (χ3v) is 6.94. The minimum atomic E-state index is -3.75. The number of rotatable bonds is 5. The van der Waals surface area contributed by atoms with E-state index in [2.05, 4.69) is 4.72 Å². The molecular weight excluding hydrogens is 376 g/mol. The molecule has 0 saturated carbocycles. The molecule has 7 nitrogen and oxygen atoms in total.